The zero-order valence-electron chi connectivity index (χ0n) is 12.7. The smallest absolute Gasteiger partial charge is 0.0655 e. The monoisotopic (exact) mass is 291 g/mol. The molecule has 0 saturated heterocycles. The van der Waals surface area contributed by atoms with Gasteiger partial charge in [-0.25, -0.2) is 0 Å². The van der Waals surface area contributed by atoms with Gasteiger partial charge in [0.2, 0.25) is 0 Å². The Kier molecular flexibility index (Phi) is 4.11. The molecular weight excluding hydrogens is 266 g/mol. The highest BCUT2D eigenvalue weighted by Gasteiger charge is 2.49. The summed E-state index contributed by atoms with van der Waals surface area (Å²) in [5.41, 5.74) is 3.24. The molecule has 2 aliphatic rings. The van der Waals surface area contributed by atoms with Crippen molar-refractivity contribution in [2.75, 3.05) is 12.4 Å². The standard InChI is InChI=1S/C17H25NOS/c1-4-19-16-9-15(17(16,2)3)18-14-11-20-10-12-7-5-6-8-13(12)14/h5-8,14-16,18H,4,9-11H2,1-3H3. The highest BCUT2D eigenvalue weighted by molar-refractivity contribution is 7.98. The van der Waals surface area contributed by atoms with Crippen molar-refractivity contribution >= 4 is 11.8 Å². The van der Waals surface area contributed by atoms with Crippen molar-refractivity contribution in [3.8, 4) is 0 Å². The van der Waals surface area contributed by atoms with Gasteiger partial charge in [-0.2, -0.15) is 11.8 Å². The van der Waals surface area contributed by atoms with E-state index in [0.717, 1.165) is 18.8 Å². The Hall–Kier alpha value is -0.510. The van der Waals surface area contributed by atoms with Gasteiger partial charge in [-0.05, 0) is 24.5 Å². The number of rotatable bonds is 4. The van der Waals surface area contributed by atoms with Crippen molar-refractivity contribution in [1.29, 1.82) is 0 Å². The Bertz CT molecular complexity index is 474. The molecule has 1 aliphatic carbocycles. The van der Waals surface area contributed by atoms with Crippen molar-refractivity contribution in [3.05, 3.63) is 35.4 Å². The van der Waals surface area contributed by atoms with Gasteiger partial charge < -0.3 is 10.1 Å². The fourth-order valence-corrected chi connectivity index (χ4v) is 4.53. The lowest BCUT2D eigenvalue weighted by Crippen LogP contribution is -2.61. The number of hydrogen-bond acceptors (Lipinski definition) is 3. The Morgan fingerprint density at radius 1 is 1.35 bits per heavy atom. The molecule has 0 radical (unpaired) electrons. The van der Waals surface area contributed by atoms with Crippen LogP contribution in [0.15, 0.2) is 24.3 Å². The van der Waals surface area contributed by atoms with Gasteiger partial charge in [-0.3, -0.25) is 0 Å². The van der Waals surface area contributed by atoms with Gasteiger partial charge in [0.25, 0.3) is 0 Å². The Morgan fingerprint density at radius 2 is 2.15 bits per heavy atom. The van der Waals surface area contributed by atoms with Crippen molar-refractivity contribution in [2.45, 2.75) is 51.1 Å². The summed E-state index contributed by atoms with van der Waals surface area (Å²) in [4.78, 5) is 0. The van der Waals surface area contributed by atoms with Crippen LogP contribution in [0.1, 0.15) is 44.4 Å². The molecule has 1 N–H and O–H groups in total. The maximum Gasteiger partial charge on any atom is 0.0655 e. The summed E-state index contributed by atoms with van der Waals surface area (Å²) < 4.78 is 5.84. The molecular formula is C17H25NOS. The molecule has 0 aromatic heterocycles. The molecule has 1 fully saturated rings. The van der Waals surface area contributed by atoms with E-state index < -0.39 is 0 Å². The van der Waals surface area contributed by atoms with Gasteiger partial charge in [0, 0.05) is 35.6 Å². The number of thioether (sulfide) groups is 1. The Morgan fingerprint density at radius 3 is 2.90 bits per heavy atom. The SMILES string of the molecule is CCOC1CC(NC2CSCc3ccccc32)C1(C)C. The average Bonchev–Trinajstić information content (AvgIpc) is 2.46. The highest BCUT2D eigenvalue weighted by Crippen LogP contribution is 2.44. The van der Waals surface area contributed by atoms with Crippen LogP contribution in [-0.4, -0.2) is 24.5 Å². The number of benzene rings is 1. The molecule has 1 aliphatic heterocycles. The van der Waals surface area contributed by atoms with Crippen LogP contribution in [0.4, 0.5) is 0 Å². The van der Waals surface area contributed by atoms with Crippen molar-refractivity contribution in [1.82, 2.24) is 5.32 Å². The second-order valence-electron chi connectivity index (χ2n) is 6.49. The average molecular weight is 291 g/mol. The van der Waals surface area contributed by atoms with E-state index in [-0.39, 0.29) is 5.41 Å². The van der Waals surface area contributed by atoms with Crippen LogP contribution in [0.5, 0.6) is 0 Å². The third-order valence-corrected chi connectivity index (χ3v) is 6.00. The van der Waals surface area contributed by atoms with E-state index in [9.17, 15) is 0 Å². The van der Waals surface area contributed by atoms with Gasteiger partial charge in [0.05, 0.1) is 6.10 Å². The molecule has 3 heteroatoms. The van der Waals surface area contributed by atoms with Gasteiger partial charge in [0.15, 0.2) is 0 Å². The predicted molar refractivity (Wildman–Crippen MR) is 86.1 cm³/mol. The summed E-state index contributed by atoms with van der Waals surface area (Å²) in [6.07, 6.45) is 1.56. The Balaban J connectivity index is 1.68. The molecule has 2 nitrogen and oxygen atoms in total. The first kappa shape index (κ1) is 14.4. The van der Waals surface area contributed by atoms with Crippen molar-refractivity contribution in [3.63, 3.8) is 0 Å². The lowest BCUT2D eigenvalue weighted by Gasteiger charge is -2.53. The van der Waals surface area contributed by atoms with E-state index in [1.165, 1.54) is 16.9 Å². The van der Waals surface area contributed by atoms with Gasteiger partial charge >= 0.3 is 0 Å². The number of nitrogens with one attached hydrogen (secondary N) is 1. The van der Waals surface area contributed by atoms with E-state index in [4.69, 9.17) is 4.74 Å². The second kappa shape index (κ2) is 5.70. The van der Waals surface area contributed by atoms with Crippen LogP contribution in [0, 0.1) is 5.41 Å². The molecule has 0 bridgehead atoms. The van der Waals surface area contributed by atoms with Crippen molar-refractivity contribution < 1.29 is 4.74 Å². The normalized spacial score (nSPS) is 31.4. The third-order valence-electron chi connectivity index (χ3n) is 4.92. The van der Waals surface area contributed by atoms with Gasteiger partial charge in [0.1, 0.15) is 0 Å². The molecule has 3 atom stereocenters. The molecule has 1 aromatic rings. The summed E-state index contributed by atoms with van der Waals surface area (Å²) in [5, 5.41) is 3.89. The summed E-state index contributed by atoms with van der Waals surface area (Å²) in [5.74, 6) is 2.34. The summed E-state index contributed by atoms with van der Waals surface area (Å²) in [6.45, 7) is 7.57. The fraction of sp³-hybridized carbons (Fsp3) is 0.647. The van der Waals surface area contributed by atoms with E-state index in [1.54, 1.807) is 0 Å². The summed E-state index contributed by atoms with van der Waals surface area (Å²) in [7, 11) is 0. The lowest BCUT2D eigenvalue weighted by atomic mass is 9.64. The first-order valence-corrected chi connectivity index (χ1v) is 8.81. The maximum atomic E-state index is 5.84. The highest BCUT2D eigenvalue weighted by atomic mass is 32.2. The number of ether oxygens (including phenoxy) is 1. The molecule has 110 valence electrons. The van der Waals surface area contributed by atoms with E-state index in [1.807, 2.05) is 11.8 Å². The van der Waals surface area contributed by atoms with E-state index >= 15 is 0 Å². The van der Waals surface area contributed by atoms with Gasteiger partial charge in [-0.15, -0.1) is 0 Å². The van der Waals surface area contributed by atoms with Gasteiger partial charge in [-0.1, -0.05) is 38.1 Å². The molecule has 3 rings (SSSR count). The maximum absolute atomic E-state index is 5.84. The van der Waals surface area contributed by atoms with E-state index in [2.05, 4.69) is 50.4 Å². The topological polar surface area (TPSA) is 21.3 Å². The van der Waals surface area contributed by atoms with Crippen LogP contribution in [0.25, 0.3) is 0 Å². The third kappa shape index (κ3) is 2.51. The first-order valence-electron chi connectivity index (χ1n) is 7.66. The van der Waals surface area contributed by atoms with Crippen LogP contribution >= 0.6 is 11.8 Å². The van der Waals surface area contributed by atoms with Crippen LogP contribution in [0.3, 0.4) is 0 Å². The largest absolute Gasteiger partial charge is 0.378 e. The van der Waals surface area contributed by atoms with Crippen LogP contribution in [-0.2, 0) is 10.5 Å². The van der Waals surface area contributed by atoms with Crippen molar-refractivity contribution in [2.24, 2.45) is 5.41 Å². The zero-order valence-corrected chi connectivity index (χ0v) is 13.5. The van der Waals surface area contributed by atoms with Crippen LogP contribution < -0.4 is 5.32 Å². The number of fused-ring (bicyclic) bond motifs is 1. The molecule has 3 unspecified atom stereocenters. The lowest BCUT2D eigenvalue weighted by molar-refractivity contribution is -0.116. The minimum Gasteiger partial charge on any atom is -0.378 e. The molecule has 20 heavy (non-hydrogen) atoms. The summed E-state index contributed by atoms with van der Waals surface area (Å²) >= 11 is 2.04. The molecule has 1 aromatic carbocycles. The fourth-order valence-electron chi connectivity index (χ4n) is 3.42. The molecule has 0 spiro atoms. The first-order chi connectivity index (χ1) is 9.63. The Labute approximate surface area is 126 Å². The number of hydrogen-bond donors (Lipinski definition) is 1. The summed E-state index contributed by atoms with van der Waals surface area (Å²) in [6, 6.07) is 9.94. The molecule has 1 saturated carbocycles. The quantitative estimate of drug-likeness (QED) is 0.912. The zero-order chi connectivity index (χ0) is 14.2. The minimum atomic E-state index is 0.243. The molecule has 1 heterocycles. The second-order valence-corrected chi connectivity index (χ2v) is 7.52. The predicted octanol–water partition coefficient (Wildman–Crippen LogP) is 3.77. The van der Waals surface area contributed by atoms with E-state index in [0.29, 0.717) is 18.2 Å². The van der Waals surface area contributed by atoms with Crippen LogP contribution in [0.2, 0.25) is 0 Å². The minimum absolute atomic E-state index is 0.243. The molecule has 0 amide bonds.